The molecule has 3 rings (SSSR count). The average Bonchev–Trinajstić information content (AvgIpc) is 2.91. The minimum absolute atomic E-state index is 0.0569. The second-order valence-corrected chi connectivity index (χ2v) is 10.4. The van der Waals surface area contributed by atoms with Gasteiger partial charge in [-0.2, -0.15) is 4.98 Å². The molecule has 0 saturated carbocycles. The second-order valence-electron chi connectivity index (χ2n) is 10.4. The molecule has 0 atom stereocenters. The summed E-state index contributed by atoms with van der Waals surface area (Å²) < 4.78 is 31.3. The molecular weight excluding hydrogens is 531 g/mol. The van der Waals surface area contributed by atoms with Gasteiger partial charge in [-0.15, -0.1) is 0 Å². The van der Waals surface area contributed by atoms with Gasteiger partial charge >= 0.3 is 6.09 Å². The molecule has 0 aliphatic rings. The number of amides is 2. The van der Waals surface area contributed by atoms with Gasteiger partial charge in [-0.3, -0.25) is 4.79 Å². The molecule has 1 heterocycles. The quantitative estimate of drug-likeness (QED) is 0.279. The first-order valence-electron chi connectivity index (χ1n) is 13.0. The van der Waals surface area contributed by atoms with Crippen molar-refractivity contribution in [3.05, 3.63) is 60.0 Å². The first-order chi connectivity index (χ1) is 19.4. The lowest BCUT2D eigenvalue weighted by Crippen LogP contribution is -2.40. The standard InChI is InChI=1S/C29H37FN6O5/c1-18(2)36(28(38)41-29(3,4)5)16-19-13-21(11-12-24(19)39-7)33-26-23(30)15-32-27(35-26)34-20-9-8-10-22(14-20)40-17-25(37)31-6/h8-15,18H,16-17H2,1-7H3,(H,31,37)(H2,32,33,34,35). The summed E-state index contributed by atoms with van der Waals surface area (Å²) in [6.07, 6.45) is 0.602. The van der Waals surface area contributed by atoms with E-state index in [0.717, 1.165) is 6.20 Å². The van der Waals surface area contributed by atoms with Crippen LogP contribution in [-0.4, -0.2) is 59.3 Å². The van der Waals surface area contributed by atoms with Gasteiger partial charge in [0.25, 0.3) is 5.91 Å². The van der Waals surface area contributed by atoms with Crippen molar-refractivity contribution < 1.29 is 28.2 Å². The zero-order valence-corrected chi connectivity index (χ0v) is 24.4. The third-order valence-electron chi connectivity index (χ3n) is 5.62. The molecule has 0 aliphatic heterocycles. The molecule has 2 aromatic carbocycles. The van der Waals surface area contributed by atoms with Crippen LogP contribution < -0.4 is 25.4 Å². The van der Waals surface area contributed by atoms with Crippen molar-refractivity contribution in [2.24, 2.45) is 0 Å². The Labute approximate surface area is 239 Å². The number of nitrogens with zero attached hydrogens (tertiary/aromatic N) is 3. The molecule has 41 heavy (non-hydrogen) atoms. The highest BCUT2D eigenvalue weighted by Gasteiger charge is 2.25. The Bertz CT molecular complexity index is 1360. The molecular formula is C29H37FN6O5. The van der Waals surface area contributed by atoms with Crippen molar-refractivity contribution in [3.8, 4) is 11.5 Å². The highest BCUT2D eigenvalue weighted by molar-refractivity contribution is 5.77. The van der Waals surface area contributed by atoms with E-state index >= 15 is 0 Å². The molecule has 0 fully saturated rings. The fraction of sp³-hybridized carbons (Fsp3) is 0.379. The number of anilines is 4. The fourth-order valence-electron chi connectivity index (χ4n) is 3.61. The lowest BCUT2D eigenvalue weighted by atomic mass is 10.1. The molecule has 1 aromatic heterocycles. The third-order valence-corrected chi connectivity index (χ3v) is 5.62. The van der Waals surface area contributed by atoms with Gasteiger partial charge in [0.2, 0.25) is 5.95 Å². The molecule has 0 aliphatic carbocycles. The number of likely N-dealkylation sites (N-methyl/N-ethyl adjacent to an activating group) is 1. The van der Waals surface area contributed by atoms with Crippen LogP contribution >= 0.6 is 0 Å². The summed E-state index contributed by atoms with van der Waals surface area (Å²) in [5.74, 6) is 0.193. The largest absolute Gasteiger partial charge is 0.496 e. The zero-order valence-electron chi connectivity index (χ0n) is 24.4. The molecule has 2 amide bonds. The number of methoxy groups -OCH3 is 1. The number of hydrogen-bond acceptors (Lipinski definition) is 9. The van der Waals surface area contributed by atoms with Crippen LogP contribution in [0.4, 0.5) is 32.3 Å². The molecule has 0 radical (unpaired) electrons. The van der Waals surface area contributed by atoms with E-state index in [2.05, 4.69) is 25.9 Å². The summed E-state index contributed by atoms with van der Waals surface area (Å²) in [7, 11) is 3.07. The summed E-state index contributed by atoms with van der Waals surface area (Å²) in [6, 6.07) is 11.9. The molecule has 0 spiro atoms. The van der Waals surface area contributed by atoms with Crippen LogP contribution in [0.2, 0.25) is 0 Å². The predicted octanol–water partition coefficient (Wildman–Crippen LogP) is 5.38. The average molecular weight is 569 g/mol. The minimum atomic E-state index is -0.659. The molecule has 11 nitrogen and oxygen atoms in total. The highest BCUT2D eigenvalue weighted by atomic mass is 19.1. The lowest BCUT2D eigenvalue weighted by Gasteiger charge is -2.30. The molecule has 3 N–H and O–H groups in total. The summed E-state index contributed by atoms with van der Waals surface area (Å²) in [5.41, 5.74) is 1.16. The summed E-state index contributed by atoms with van der Waals surface area (Å²) in [6.45, 7) is 9.31. The molecule has 220 valence electrons. The van der Waals surface area contributed by atoms with Crippen LogP contribution in [0, 0.1) is 5.82 Å². The second kappa shape index (κ2) is 13.6. The Morgan fingerprint density at radius 2 is 1.80 bits per heavy atom. The summed E-state index contributed by atoms with van der Waals surface area (Å²) in [5, 5.41) is 8.48. The Hall–Kier alpha value is -4.61. The van der Waals surface area contributed by atoms with Crippen LogP contribution in [-0.2, 0) is 16.1 Å². The molecule has 0 saturated heterocycles. The van der Waals surface area contributed by atoms with E-state index in [9.17, 15) is 14.0 Å². The van der Waals surface area contributed by atoms with E-state index in [1.54, 1.807) is 54.5 Å². The Kier molecular flexibility index (Phi) is 10.3. The summed E-state index contributed by atoms with van der Waals surface area (Å²) >= 11 is 0. The molecule has 0 unspecified atom stereocenters. The van der Waals surface area contributed by atoms with E-state index in [1.807, 2.05) is 34.6 Å². The smallest absolute Gasteiger partial charge is 0.410 e. The number of carbonyl (C=O) groups is 2. The van der Waals surface area contributed by atoms with Crippen molar-refractivity contribution in [1.82, 2.24) is 20.2 Å². The molecule has 3 aromatic rings. The van der Waals surface area contributed by atoms with Gasteiger partial charge in [0.1, 0.15) is 17.1 Å². The van der Waals surface area contributed by atoms with Crippen LogP contribution in [0.5, 0.6) is 11.5 Å². The first kappa shape index (κ1) is 30.9. The first-order valence-corrected chi connectivity index (χ1v) is 13.0. The van der Waals surface area contributed by atoms with E-state index in [0.29, 0.717) is 28.4 Å². The van der Waals surface area contributed by atoms with Crippen LogP contribution in [0.15, 0.2) is 48.7 Å². The third kappa shape index (κ3) is 9.23. The van der Waals surface area contributed by atoms with Crippen molar-refractivity contribution in [2.75, 3.05) is 31.4 Å². The van der Waals surface area contributed by atoms with E-state index in [-0.39, 0.29) is 36.9 Å². The maximum Gasteiger partial charge on any atom is 0.410 e. The number of benzene rings is 2. The highest BCUT2D eigenvalue weighted by Crippen LogP contribution is 2.28. The number of rotatable bonds is 11. The number of halogens is 1. The van der Waals surface area contributed by atoms with Crippen LogP contribution in [0.1, 0.15) is 40.2 Å². The Morgan fingerprint density at radius 1 is 1.07 bits per heavy atom. The molecule has 0 bridgehead atoms. The maximum atomic E-state index is 14.7. The van der Waals surface area contributed by atoms with Gasteiger partial charge in [-0.25, -0.2) is 14.2 Å². The van der Waals surface area contributed by atoms with Crippen molar-refractivity contribution in [3.63, 3.8) is 0 Å². The van der Waals surface area contributed by atoms with Crippen molar-refractivity contribution in [1.29, 1.82) is 0 Å². The summed E-state index contributed by atoms with van der Waals surface area (Å²) in [4.78, 5) is 34.2. The monoisotopic (exact) mass is 568 g/mol. The van der Waals surface area contributed by atoms with Crippen LogP contribution in [0.3, 0.4) is 0 Å². The predicted molar refractivity (Wildman–Crippen MR) is 154 cm³/mol. The zero-order chi connectivity index (χ0) is 30.2. The number of nitrogens with one attached hydrogen (secondary N) is 3. The van der Waals surface area contributed by atoms with Gasteiger partial charge in [-0.1, -0.05) is 6.07 Å². The number of carbonyl (C=O) groups excluding carboxylic acids is 2. The maximum absolute atomic E-state index is 14.7. The number of hydrogen-bond donors (Lipinski definition) is 3. The topological polar surface area (TPSA) is 127 Å². The van der Waals surface area contributed by atoms with Gasteiger partial charge in [0.15, 0.2) is 18.2 Å². The minimum Gasteiger partial charge on any atom is -0.496 e. The van der Waals surface area contributed by atoms with Gasteiger partial charge < -0.3 is 35.1 Å². The fourth-order valence-corrected chi connectivity index (χ4v) is 3.61. The van der Waals surface area contributed by atoms with Gasteiger partial charge in [0.05, 0.1) is 19.9 Å². The van der Waals surface area contributed by atoms with Crippen LogP contribution in [0.25, 0.3) is 0 Å². The number of aromatic nitrogens is 2. The van der Waals surface area contributed by atoms with Gasteiger partial charge in [-0.05, 0) is 65.0 Å². The van der Waals surface area contributed by atoms with Gasteiger partial charge in [0, 0.05) is 36.1 Å². The van der Waals surface area contributed by atoms with Crippen molar-refractivity contribution in [2.45, 2.75) is 52.8 Å². The van der Waals surface area contributed by atoms with Crippen molar-refractivity contribution >= 4 is 35.1 Å². The Morgan fingerprint density at radius 3 is 2.46 bits per heavy atom. The lowest BCUT2D eigenvalue weighted by molar-refractivity contribution is -0.122. The molecule has 12 heteroatoms. The number of ether oxygens (including phenoxy) is 3. The van der Waals surface area contributed by atoms with E-state index in [1.165, 1.54) is 7.05 Å². The normalized spacial score (nSPS) is 11.0. The van der Waals surface area contributed by atoms with E-state index in [4.69, 9.17) is 14.2 Å². The Balaban J connectivity index is 1.80. The van der Waals surface area contributed by atoms with E-state index < -0.39 is 17.5 Å². The SMILES string of the molecule is CNC(=O)COc1cccc(Nc2ncc(F)c(Nc3ccc(OC)c(CN(C(=O)OC(C)(C)C)C(C)C)c3)n2)c1.